The second-order valence-corrected chi connectivity index (χ2v) is 4.93. The van der Waals surface area contributed by atoms with Gasteiger partial charge in [-0.2, -0.15) is 5.10 Å². The van der Waals surface area contributed by atoms with Crippen molar-refractivity contribution in [3.8, 4) is 5.75 Å². The number of benzene rings is 1. The van der Waals surface area contributed by atoms with Crippen LogP contribution >= 0.6 is 0 Å². The van der Waals surface area contributed by atoms with Crippen LogP contribution in [0.4, 0.5) is 4.39 Å². The Morgan fingerprint density at radius 3 is 2.95 bits per heavy atom. The van der Waals surface area contributed by atoms with Gasteiger partial charge in [0, 0.05) is 12.7 Å². The standard InChI is InChI=1S/C15H16FN3O3/c16-11-1-3-12(4-2-11)22-10-15(20)19-7-8-21-9-14(19)13-5-6-17-18-13/h1-6,14H,7-10H2,(H,17,18). The van der Waals surface area contributed by atoms with Gasteiger partial charge in [-0.15, -0.1) is 0 Å². The van der Waals surface area contributed by atoms with Gasteiger partial charge in [0.2, 0.25) is 0 Å². The molecule has 0 spiro atoms. The van der Waals surface area contributed by atoms with Gasteiger partial charge in [-0.1, -0.05) is 0 Å². The molecule has 1 aliphatic heterocycles. The molecule has 2 heterocycles. The third-order valence-corrected chi connectivity index (χ3v) is 3.51. The maximum atomic E-state index is 12.8. The van der Waals surface area contributed by atoms with Crippen LogP contribution in [-0.2, 0) is 9.53 Å². The van der Waals surface area contributed by atoms with Crippen LogP contribution in [0.25, 0.3) is 0 Å². The molecule has 0 bridgehead atoms. The molecule has 1 N–H and O–H groups in total. The Hall–Kier alpha value is -2.41. The second kappa shape index (κ2) is 6.57. The fraction of sp³-hybridized carbons (Fsp3) is 0.333. The molecule has 1 atom stereocenters. The normalized spacial score (nSPS) is 18.2. The zero-order valence-electron chi connectivity index (χ0n) is 11.9. The zero-order chi connectivity index (χ0) is 15.4. The maximum absolute atomic E-state index is 12.8. The van der Waals surface area contributed by atoms with Gasteiger partial charge < -0.3 is 14.4 Å². The van der Waals surface area contributed by atoms with E-state index in [1.54, 1.807) is 11.1 Å². The van der Waals surface area contributed by atoms with E-state index < -0.39 is 0 Å². The first-order chi connectivity index (χ1) is 10.7. The van der Waals surface area contributed by atoms with Crippen LogP contribution in [0.2, 0.25) is 0 Å². The van der Waals surface area contributed by atoms with E-state index in [0.29, 0.717) is 25.5 Å². The summed E-state index contributed by atoms with van der Waals surface area (Å²) >= 11 is 0. The highest BCUT2D eigenvalue weighted by Crippen LogP contribution is 2.22. The summed E-state index contributed by atoms with van der Waals surface area (Å²) in [6.45, 7) is 1.31. The van der Waals surface area contributed by atoms with E-state index in [2.05, 4.69) is 10.2 Å². The van der Waals surface area contributed by atoms with Gasteiger partial charge in [0.25, 0.3) is 5.91 Å². The number of carbonyl (C=O) groups excluding carboxylic acids is 1. The van der Waals surface area contributed by atoms with E-state index in [4.69, 9.17) is 9.47 Å². The molecule has 1 aromatic carbocycles. The summed E-state index contributed by atoms with van der Waals surface area (Å²) in [6.07, 6.45) is 1.64. The Balaban J connectivity index is 1.63. The summed E-state index contributed by atoms with van der Waals surface area (Å²) in [6, 6.07) is 7.20. The fourth-order valence-electron chi connectivity index (χ4n) is 2.37. The Bertz CT molecular complexity index is 615. The number of amides is 1. The van der Waals surface area contributed by atoms with Crippen molar-refractivity contribution in [3.05, 3.63) is 48.0 Å². The molecule has 1 saturated heterocycles. The van der Waals surface area contributed by atoms with Gasteiger partial charge in [0.1, 0.15) is 11.6 Å². The number of hydrogen-bond donors (Lipinski definition) is 1. The van der Waals surface area contributed by atoms with E-state index in [1.807, 2.05) is 6.07 Å². The first-order valence-corrected chi connectivity index (χ1v) is 6.99. The minimum Gasteiger partial charge on any atom is -0.484 e. The summed E-state index contributed by atoms with van der Waals surface area (Å²) in [5.41, 5.74) is 0.829. The maximum Gasteiger partial charge on any atom is 0.261 e. The van der Waals surface area contributed by atoms with Crippen molar-refractivity contribution >= 4 is 5.91 Å². The Morgan fingerprint density at radius 1 is 1.41 bits per heavy atom. The molecular formula is C15H16FN3O3. The van der Waals surface area contributed by atoms with Gasteiger partial charge in [-0.3, -0.25) is 9.89 Å². The van der Waals surface area contributed by atoms with Crippen molar-refractivity contribution in [2.24, 2.45) is 0 Å². The van der Waals surface area contributed by atoms with Crippen LogP contribution in [0, 0.1) is 5.82 Å². The molecule has 0 aliphatic carbocycles. The van der Waals surface area contributed by atoms with E-state index in [1.165, 1.54) is 24.3 Å². The molecule has 3 rings (SSSR count). The lowest BCUT2D eigenvalue weighted by atomic mass is 10.1. The van der Waals surface area contributed by atoms with Crippen LogP contribution in [0.15, 0.2) is 36.5 Å². The molecule has 7 heteroatoms. The molecule has 1 fully saturated rings. The first kappa shape index (κ1) is 14.5. The highest BCUT2D eigenvalue weighted by Gasteiger charge is 2.29. The van der Waals surface area contributed by atoms with Crippen molar-refractivity contribution in [1.29, 1.82) is 0 Å². The molecule has 1 aliphatic rings. The van der Waals surface area contributed by atoms with Crippen molar-refractivity contribution in [3.63, 3.8) is 0 Å². The number of rotatable bonds is 4. The lowest BCUT2D eigenvalue weighted by molar-refractivity contribution is -0.142. The fourth-order valence-corrected chi connectivity index (χ4v) is 2.37. The lowest BCUT2D eigenvalue weighted by Gasteiger charge is -2.34. The highest BCUT2D eigenvalue weighted by molar-refractivity contribution is 5.78. The first-order valence-electron chi connectivity index (χ1n) is 6.99. The Labute approximate surface area is 126 Å². The Morgan fingerprint density at radius 2 is 2.23 bits per heavy atom. The predicted octanol–water partition coefficient (Wildman–Crippen LogP) is 1.53. The van der Waals surface area contributed by atoms with Gasteiger partial charge >= 0.3 is 0 Å². The van der Waals surface area contributed by atoms with Gasteiger partial charge in [-0.05, 0) is 30.3 Å². The number of aromatic amines is 1. The Kier molecular flexibility index (Phi) is 4.34. The molecule has 0 radical (unpaired) electrons. The number of nitrogens with zero attached hydrogens (tertiary/aromatic N) is 2. The molecule has 1 aromatic heterocycles. The summed E-state index contributed by atoms with van der Waals surface area (Å²) in [4.78, 5) is 14.1. The van der Waals surface area contributed by atoms with Gasteiger partial charge in [0.15, 0.2) is 6.61 Å². The quantitative estimate of drug-likeness (QED) is 0.930. The topological polar surface area (TPSA) is 67.4 Å². The zero-order valence-corrected chi connectivity index (χ0v) is 11.9. The molecule has 2 aromatic rings. The van der Waals surface area contributed by atoms with Crippen LogP contribution < -0.4 is 4.74 Å². The molecule has 6 nitrogen and oxygen atoms in total. The summed E-state index contributed by atoms with van der Waals surface area (Å²) in [5.74, 6) is -0.0283. The number of ether oxygens (including phenoxy) is 2. The van der Waals surface area contributed by atoms with Crippen LogP contribution in [-0.4, -0.2) is 47.4 Å². The molecule has 22 heavy (non-hydrogen) atoms. The van der Waals surface area contributed by atoms with E-state index in [9.17, 15) is 9.18 Å². The number of halogens is 1. The van der Waals surface area contributed by atoms with E-state index in [-0.39, 0.29) is 24.4 Å². The SMILES string of the molecule is O=C(COc1ccc(F)cc1)N1CCOCC1c1ccn[nH]1. The molecule has 1 amide bonds. The second-order valence-electron chi connectivity index (χ2n) is 4.93. The number of morpholine rings is 1. The van der Waals surface area contributed by atoms with Crippen LogP contribution in [0.5, 0.6) is 5.75 Å². The minimum absolute atomic E-state index is 0.101. The number of carbonyl (C=O) groups is 1. The lowest BCUT2D eigenvalue weighted by Crippen LogP contribution is -2.45. The van der Waals surface area contributed by atoms with Gasteiger partial charge in [0.05, 0.1) is 24.9 Å². The third kappa shape index (κ3) is 3.25. The van der Waals surface area contributed by atoms with Crippen LogP contribution in [0.3, 0.4) is 0 Å². The van der Waals surface area contributed by atoms with E-state index >= 15 is 0 Å². The third-order valence-electron chi connectivity index (χ3n) is 3.51. The molecule has 116 valence electrons. The highest BCUT2D eigenvalue weighted by atomic mass is 19.1. The van der Waals surface area contributed by atoms with Gasteiger partial charge in [-0.25, -0.2) is 4.39 Å². The average molecular weight is 305 g/mol. The summed E-state index contributed by atoms with van der Waals surface area (Å²) in [5, 5.41) is 6.77. The number of nitrogens with one attached hydrogen (secondary N) is 1. The molecular weight excluding hydrogens is 289 g/mol. The van der Waals surface area contributed by atoms with E-state index in [0.717, 1.165) is 5.69 Å². The van der Waals surface area contributed by atoms with Crippen molar-refractivity contribution < 1.29 is 18.7 Å². The summed E-state index contributed by atoms with van der Waals surface area (Å²) < 4.78 is 23.7. The van der Waals surface area contributed by atoms with Crippen LogP contribution in [0.1, 0.15) is 11.7 Å². The summed E-state index contributed by atoms with van der Waals surface area (Å²) in [7, 11) is 0. The predicted molar refractivity (Wildman–Crippen MR) is 75.8 cm³/mol. The monoisotopic (exact) mass is 305 g/mol. The van der Waals surface area contributed by atoms with Crippen molar-refractivity contribution in [2.45, 2.75) is 6.04 Å². The smallest absolute Gasteiger partial charge is 0.261 e. The molecule has 0 saturated carbocycles. The number of hydrogen-bond acceptors (Lipinski definition) is 4. The number of aromatic nitrogens is 2. The largest absolute Gasteiger partial charge is 0.484 e. The number of H-pyrrole nitrogens is 1. The minimum atomic E-state index is -0.342. The average Bonchev–Trinajstić information content (AvgIpc) is 3.08. The van der Waals surface area contributed by atoms with Crippen molar-refractivity contribution in [2.75, 3.05) is 26.4 Å². The molecule has 1 unspecified atom stereocenters. The van der Waals surface area contributed by atoms with Crippen molar-refractivity contribution in [1.82, 2.24) is 15.1 Å².